The number of hydrogen-bond donors (Lipinski definition) is 0. The Morgan fingerprint density at radius 2 is 2.06 bits per heavy atom. The number of aromatic nitrogens is 1. The molecule has 3 aromatic rings. The number of rotatable bonds is 1. The first-order valence-electron chi connectivity index (χ1n) is 5.47. The Kier molecular flexibility index (Phi) is 2.92. The summed E-state index contributed by atoms with van der Waals surface area (Å²) < 4.78 is 15.7. The van der Waals surface area contributed by atoms with E-state index in [0.717, 1.165) is 14.7 Å². The molecule has 0 aliphatic rings. The van der Waals surface area contributed by atoms with Gasteiger partial charge in [-0.15, -0.1) is 11.3 Å². The second-order valence-corrected chi connectivity index (χ2v) is 5.97. The molecule has 1 aromatic heterocycles. The van der Waals surface area contributed by atoms with Crippen LogP contribution in [0.25, 0.3) is 20.8 Å². The highest BCUT2D eigenvalue weighted by atomic mass is 79.9. The summed E-state index contributed by atoms with van der Waals surface area (Å²) in [6.07, 6.45) is 0. The first-order valence-corrected chi connectivity index (χ1v) is 7.07. The first-order chi connectivity index (χ1) is 8.65. The Morgan fingerprint density at radius 1 is 1.22 bits per heavy atom. The molecular weight excluding hydrogens is 313 g/mol. The molecule has 0 unspecified atom stereocenters. The lowest BCUT2D eigenvalue weighted by molar-refractivity contribution is 0.630. The second-order valence-electron chi connectivity index (χ2n) is 4.09. The summed E-state index contributed by atoms with van der Waals surface area (Å²) in [5.41, 5.74) is 2.64. The summed E-state index contributed by atoms with van der Waals surface area (Å²) in [4.78, 5) is 4.49. The molecule has 0 radical (unpaired) electrons. The Balaban J connectivity index is 2.26. The molecule has 90 valence electrons. The van der Waals surface area contributed by atoms with Crippen molar-refractivity contribution in [1.82, 2.24) is 4.98 Å². The molecule has 18 heavy (non-hydrogen) atoms. The minimum absolute atomic E-state index is 0.250. The summed E-state index contributed by atoms with van der Waals surface area (Å²) in [5, 5.41) is 0.709. The molecule has 1 heterocycles. The fourth-order valence-corrected chi connectivity index (χ4v) is 3.63. The third kappa shape index (κ3) is 1.95. The maximum absolute atomic E-state index is 13.9. The van der Waals surface area contributed by atoms with Crippen molar-refractivity contribution in [2.45, 2.75) is 6.92 Å². The van der Waals surface area contributed by atoms with Gasteiger partial charge in [-0.25, -0.2) is 9.37 Å². The summed E-state index contributed by atoms with van der Waals surface area (Å²) in [5.74, 6) is -0.250. The molecular formula is C14H9BrFNS. The topological polar surface area (TPSA) is 12.9 Å². The highest BCUT2D eigenvalue weighted by Gasteiger charge is 2.13. The van der Waals surface area contributed by atoms with Crippen LogP contribution in [0.3, 0.4) is 0 Å². The predicted molar refractivity (Wildman–Crippen MR) is 77.5 cm³/mol. The van der Waals surface area contributed by atoms with E-state index in [1.54, 1.807) is 6.07 Å². The van der Waals surface area contributed by atoms with E-state index < -0.39 is 0 Å². The second kappa shape index (κ2) is 4.44. The Hall–Kier alpha value is -1.26. The van der Waals surface area contributed by atoms with Gasteiger partial charge < -0.3 is 0 Å². The quantitative estimate of drug-likeness (QED) is 0.602. The SMILES string of the molecule is Cc1ccc2nc(-c3c(F)cccc3Br)sc2c1. The van der Waals surface area contributed by atoms with Gasteiger partial charge in [-0.3, -0.25) is 0 Å². The van der Waals surface area contributed by atoms with Crippen LogP contribution in [0.2, 0.25) is 0 Å². The van der Waals surface area contributed by atoms with E-state index in [-0.39, 0.29) is 5.82 Å². The zero-order valence-corrected chi connectivity index (χ0v) is 12.0. The largest absolute Gasteiger partial charge is 0.236 e. The lowest BCUT2D eigenvalue weighted by Gasteiger charge is -2.01. The van der Waals surface area contributed by atoms with E-state index in [1.807, 2.05) is 25.1 Å². The molecule has 2 aromatic carbocycles. The molecule has 0 fully saturated rings. The van der Waals surface area contributed by atoms with Crippen molar-refractivity contribution in [3.63, 3.8) is 0 Å². The van der Waals surface area contributed by atoms with Gasteiger partial charge in [0, 0.05) is 4.47 Å². The number of thiazole rings is 1. The number of benzene rings is 2. The molecule has 0 aliphatic carbocycles. The monoisotopic (exact) mass is 321 g/mol. The highest BCUT2D eigenvalue weighted by molar-refractivity contribution is 9.10. The van der Waals surface area contributed by atoms with Crippen LogP contribution < -0.4 is 0 Å². The van der Waals surface area contributed by atoms with Gasteiger partial charge in [-0.1, -0.05) is 12.1 Å². The minimum atomic E-state index is -0.250. The normalized spacial score (nSPS) is 11.1. The van der Waals surface area contributed by atoms with Gasteiger partial charge in [0.2, 0.25) is 0 Å². The summed E-state index contributed by atoms with van der Waals surface area (Å²) >= 11 is 4.89. The van der Waals surface area contributed by atoms with E-state index in [2.05, 4.69) is 27.0 Å². The van der Waals surface area contributed by atoms with Crippen LogP contribution in [-0.4, -0.2) is 4.98 Å². The van der Waals surface area contributed by atoms with Crippen LogP contribution in [-0.2, 0) is 0 Å². The summed E-state index contributed by atoms with van der Waals surface area (Å²) in [6.45, 7) is 2.04. The van der Waals surface area contributed by atoms with Gasteiger partial charge in [-0.2, -0.15) is 0 Å². The van der Waals surface area contributed by atoms with Gasteiger partial charge in [0.15, 0.2) is 0 Å². The maximum Gasteiger partial charge on any atom is 0.134 e. The van der Waals surface area contributed by atoms with Gasteiger partial charge in [0.25, 0.3) is 0 Å². The Bertz CT molecular complexity index is 715. The molecule has 1 nitrogen and oxygen atoms in total. The maximum atomic E-state index is 13.9. The van der Waals surface area contributed by atoms with Crippen LogP contribution in [0.1, 0.15) is 5.56 Å². The van der Waals surface area contributed by atoms with Crippen molar-refractivity contribution in [3.8, 4) is 10.6 Å². The number of fused-ring (bicyclic) bond motifs is 1. The molecule has 0 spiro atoms. The van der Waals surface area contributed by atoms with Crippen molar-refractivity contribution >= 4 is 37.5 Å². The van der Waals surface area contributed by atoms with E-state index in [1.165, 1.54) is 23.0 Å². The number of aryl methyl sites for hydroxylation is 1. The van der Waals surface area contributed by atoms with Crippen molar-refractivity contribution in [1.29, 1.82) is 0 Å². The van der Waals surface area contributed by atoms with Crippen LogP contribution in [0.4, 0.5) is 4.39 Å². The van der Waals surface area contributed by atoms with Gasteiger partial charge in [0.05, 0.1) is 15.8 Å². The standard InChI is InChI=1S/C14H9BrFNS/c1-8-5-6-11-12(7-8)18-14(17-11)13-9(15)3-2-4-10(13)16/h2-7H,1H3. The van der Waals surface area contributed by atoms with E-state index in [4.69, 9.17) is 0 Å². The number of halogens is 2. The molecule has 0 bridgehead atoms. The van der Waals surface area contributed by atoms with Gasteiger partial charge in [-0.05, 0) is 52.7 Å². The molecule has 4 heteroatoms. The molecule has 3 rings (SSSR count). The summed E-state index contributed by atoms with van der Waals surface area (Å²) in [6, 6.07) is 11.0. The molecule has 0 aliphatic heterocycles. The lowest BCUT2D eigenvalue weighted by Crippen LogP contribution is -1.84. The molecule has 0 saturated heterocycles. The van der Waals surface area contributed by atoms with Crippen LogP contribution >= 0.6 is 27.3 Å². The van der Waals surface area contributed by atoms with Crippen LogP contribution in [0.5, 0.6) is 0 Å². The first kappa shape index (κ1) is 11.8. The van der Waals surface area contributed by atoms with Gasteiger partial charge >= 0.3 is 0 Å². The average molecular weight is 322 g/mol. The van der Waals surface area contributed by atoms with Crippen molar-refractivity contribution < 1.29 is 4.39 Å². The van der Waals surface area contributed by atoms with Crippen LogP contribution in [0, 0.1) is 12.7 Å². The van der Waals surface area contributed by atoms with Crippen molar-refractivity contribution in [2.75, 3.05) is 0 Å². The van der Waals surface area contributed by atoms with E-state index in [0.29, 0.717) is 10.6 Å². The third-order valence-corrected chi connectivity index (χ3v) is 4.42. The highest BCUT2D eigenvalue weighted by Crippen LogP contribution is 2.36. The Morgan fingerprint density at radius 3 is 2.83 bits per heavy atom. The van der Waals surface area contributed by atoms with Crippen LogP contribution in [0.15, 0.2) is 40.9 Å². The number of nitrogens with zero attached hydrogens (tertiary/aromatic N) is 1. The lowest BCUT2D eigenvalue weighted by atomic mass is 10.2. The van der Waals surface area contributed by atoms with Gasteiger partial charge in [0.1, 0.15) is 10.8 Å². The zero-order valence-electron chi connectivity index (χ0n) is 9.58. The molecule has 0 amide bonds. The van der Waals surface area contributed by atoms with Crippen molar-refractivity contribution in [2.24, 2.45) is 0 Å². The molecule has 0 N–H and O–H groups in total. The third-order valence-electron chi connectivity index (χ3n) is 2.72. The summed E-state index contributed by atoms with van der Waals surface area (Å²) in [7, 11) is 0. The Labute approximate surface area is 116 Å². The van der Waals surface area contributed by atoms with Crippen molar-refractivity contribution in [3.05, 3.63) is 52.3 Å². The average Bonchev–Trinajstić information content (AvgIpc) is 2.71. The number of hydrogen-bond acceptors (Lipinski definition) is 2. The fraction of sp³-hybridized carbons (Fsp3) is 0.0714. The molecule has 0 saturated carbocycles. The fourth-order valence-electron chi connectivity index (χ4n) is 1.84. The van der Waals surface area contributed by atoms with E-state index in [9.17, 15) is 4.39 Å². The van der Waals surface area contributed by atoms with E-state index >= 15 is 0 Å². The predicted octanol–water partition coefficient (Wildman–Crippen LogP) is 5.17. The smallest absolute Gasteiger partial charge is 0.134 e. The zero-order chi connectivity index (χ0) is 12.7. The minimum Gasteiger partial charge on any atom is -0.236 e. The molecule has 0 atom stereocenters.